The zero-order chi connectivity index (χ0) is 17.0. The van der Waals surface area contributed by atoms with Crippen molar-refractivity contribution in [2.24, 2.45) is 0 Å². The first-order valence-corrected chi connectivity index (χ1v) is 7.33. The molecule has 0 spiro atoms. The summed E-state index contributed by atoms with van der Waals surface area (Å²) < 4.78 is 10.1. The Kier molecular flexibility index (Phi) is 4.83. The Labute approximate surface area is 134 Å². The third-order valence-electron chi connectivity index (χ3n) is 3.84. The van der Waals surface area contributed by atoms with E-state index in [-0.39, 0.29) is 5.91 Å². The number of aromatic nitrogens is 1. The van der Waals surface area contributed by atoms with E-state index in [2.05, 4.69) is 10.3 Å². The van der Waals surface area contributed by atoms with Crippen molar-refractivity contribution in [3.63, 3.8) is 0 Å². The second kappa shape index (κ2) is 6.64. The average Bonchev–Trinajstić information content (AvgIpc) is 3.08. The first kappa shape index (κ1) is 16.7. The molecule has 0 unspecified atom stereocenters. The Bertz CT molecular complexity index is 709. The largest absolute Gasteiger partial charge is 0.467 e. The van der Waals surface area contributed by atoms with Crippen molar-refractivity contribution in [2.75, 3.05) is 7.11 Å². The van der Waals surface area contributed by atoms with Gasteiger partial charge in [0.05, 0.1) is 24.6 Å². The summed E-state index contributed by atoms with van der Waals surface area (Å²) in [7, 11) is 1.30. The molecule has 2 aromatic heterocycles. The maximum atomic E-state index is 12.5. The van der Waals surface area contributed by atoms with Crippen LogP contribution in [-0.2, 0) is 9.53 Å². The molecule has 1 amide bonds. The highest BCUT2D eigenvalue weighted by atomic mass is 16.5. The Hall–Kier alpha value is -2.63. The van der Waals surface area contributed by atoms with Gasteiger partial charge < -0.3 is 14.5 Å². The number of nitrogens with zero attached hydrogens (tertiary/aromatic N) is 1. The van der Waals surface area contributed by atoms with E-state index in [0.29, 0.717) is 29.1 Å². The molecule has 0 bridgehead atoms. The third kappa shape index (κ3) is 3.41. The molecule has 0 saturated heterocycles. The van der Waals surface area contributed by atoms with Gasteiger partial charge in [-0.15, -0.1) is 0 Å². The molecule has 0 fully saturated rings. The highest BCUT2D eigenvalue weighted by Gasteiger charge is 2.34. The highest BCUT2D eigenvalue weighted by Crippen LogP contribution is 2.20. The summed E-state index contributed by atoms with van der Waals surface area (Å²) in [5, 5.41) is 2.73. The molecular formula is C17H20N2O4. The summed E-state index contributed by atoms with van der Waals surface area (Å²) in [5.74, 6) is -0.213. The third-order valence-corrected chi connectivity index (χ3v) is 3.84. The fourth-order valence-corrected chi connectivity index (χ4v) is 2.19. The monoisotopic (exact) mass is 316 g/mol. The molecule has 1 N–H and O–H groups in total. The predicted octanol–water partition coefficient (Wildman–Crippen LogP) is 2.72. The molecule has 0 aromatic carbocycles. The summed E-state index contributed by atoms with van der Waals surface area (Å²) in [6, 6.07) is 6.95. The van der Waals surface area contributed by atoms with Crippen LogP contribution in [0.15, 0.2) is 34.9 Å². The van der Waals surface area contributed by atoms with E-state index in [1.165, 1.54) is 7.11 Å². The van der Waals surface area contributed by atoms with E-state index in [1.807, 2.05) is 6.92 Å². The fraction of sp³-hybridized carbons (Fsp3) is 0.353. The second-order valence-corrected chi connectivity index (χ2v) is 5.44. The van der Waals surface area contributed by atoms with Crippen LogP contribution in [0.5, 0.6) is 0 Å². The van der Waals surface area contributed by atoms with Gasteiger partial charge in [-0.1, -0.05) is 6.92 Å². The number of hydrogen-bond acceptors (Lipinski definition) is 5. The minimum Gasteiger partial charge on any atom is -0.467 e. The lowest BCUT2D eigenvalue weighted by atomic mass is 9.98. The lowest BCUT2D eigenvalue weighted by Gasteiger charge is -2.26. The van der Waals surface area contributed by atoms with Gasteiger partial charge >= 0.3 is 5.97 Å². The molecule has 0 aliphatic carbocycles. The van der Waals surface area contributed by atoms with Crippen LogP contribution in [0.1, 0.15) is 36.3 Å². The van der Waals surface area contributed by atoms with Crippen LogP contribution in [0.25, 0.3) is 11.5 Å². The zero-order valence-electron chi connectivity index (χ0n) is 13.7. The normalized spacial score (nSPS) is 13.2. The number of rotatable bonds is 5. The second-order valence-electron chi connectivity index (χ2n) is 5.44. The lowest BCUT2D eigenvalue weighted by Crippen LogP contribution is -2.52. The van der Waals surface area contributed by atoms with E-state index in [1.54, 1.807) is 44.4 Å². The predicted molar refractivity (Wildman–Crippen MR) is 84.9 cm³/mol. The van der Waals surface area contributed by atoms with Crippen LogP contribution >= 0.6 is 0 Å². The Balaban J connectivity index is 2.25. The van der Waals surface area contributed by atoms with Gasteiger partial charge in [0.15, 0.2) is 5.76 Å². The molecule has 1 atom stereocenters. The molecule has 6 heteroatoms. The number of furan rings is 1. The van der Waals surface area contributed by atoms with Crippen molar-refractivity contribution in [3.05, 3.63) is 41.8 Å². The zero-order valence-corrected chi connectivity index (χ0v) is 13.7. The number of pyridine rings is 1. The smallest absolute Gasteiger partial charge is 0.331 e. The minimum atomic E-state index is -1.07. The van der Waals surface area contributed by atoms with E-state index < -0.39 is 11.5 Å². The van der Waals surface area contributed by atoms with Gasteiger partial charge in [0, 0.05) is 0 Å². The summed E-state index contributed by atoms with van der Waals surface area (Å²) in [6.07, 6.45) is 1.98. The van der Waals surface area contributed by atoms with Gasteiger partial charge in [0.25, 0.3) is 5.91 Å². The number of hydrogen-bond donors (Lipinski definition) is 1. The molecule has 0 aliphatic heterocycles. The van der Waals surface area contributed by atoms with Gasteiger partial charge in [-0.25, -0.2) is 9.78 Å². The number of amides is 1. The number of carbonyl (C=O) groups is 2. The van der Waals surface area contributed by atoms with Crippen LogP contribution in [-0.4, -0.2) is 29.5 Å². The van der Waals surface area contributed by atoms with Gasteiger partial charge in [0.1, 0.15) is 11.2 Å². The molecule has 0 saturated carbocycles. The Morgan fingerprint density at radius 2 is 2.09 bits per heavy atom. The van der Waals surface area contributed by atoms with Crippen molar-refractivity contribution in [1.29, 1.82) is 0 Å². The van der Waals surface area contributed by atoms with Crippen molar-refractivity contribution >= 4 is 11.9 Å². The fourth-order valence-electron chi connectivity index (χ4n) is 2.19. The first-order valence-electron chi connectivity index (χ1n) is 7.33. The van der Waals surface area contributed by atoms with Crippen molar-refractivity contribution in [3.8, 4) is 11.5 Å². The van der Waals surface area contributed by atoms with E-state index in [0.717, 1.165) is 0 Å². The number of aryl methyl sites for hydroxylation is 1. The molecule has 2 heterocycles. The first-order chi connectivity index (χ1) is 10.9. The molecule has 122 valence electrons. The molecule has 23 heavy (non-hydrogen) atoms. The topological polar surface area (TPSA) is 81.4 Å². The van der Waals surface area contributed by atoms with E-state index in [9.17, 15) is 9.59 Å². The Morgan fingerprint density at radius 1 is 1.35 bits per heavy atom. The summed E-state index contributed by atoms with van der Waals surface area (Å²) >= 11 is 0. The quantitative estimate of drug-likeness (QED) is 0.858. The minimum absolute atomic E-state index is 0.365. The number of esters is 1. The molecule has 2 rings (SSSR count). The van der Waals surface area contributed by atoms with Crippen LogP contribution < -0.4 is 5.32 Å². The summed E-state index contributed by atoms with van der Waals surface area (Å²) in [6.45, 7) is 5.18. The molecular weight excluding hydrogens is 296 g/mol. The van der Waals surface area contributed by atoms with Crippen LogP contribution in [0.3, 0.4) is 0 Å². The Morgan fingerprint density at radius 3 is 2.61 bits per heavy atom. The van der Waals surface area contributed by atoms with Crippen LogP contribution in [0, 0.1) is 6.92 Å². The maximum Gasteiger partial charge on any atom is 0.331 e. The SMILES string of the molecule is CC[C@](C)(NC(=O)c1ccc(-c2ccco2)nc1C)C(=O)OC. The molecule has 0 radical (unpaired) electrons. The summed E-state index contributed by atoms with van der Waals surface area (Å²) in [5.41, 5.74) is 0.539. The van der Waals surface area contributed by atoms with Gasteiger partial charge in [0.2, 0.25) is 0 Å². The van der Waals surface area contributed by atoms with Gasteiger partial charge in [-0.05, 0) is 44.5 Å². The number of methoxy groups -OCH3 is 1. The molecule has 2 aromatic rings. The van der Waals surface area contributed by atoms with Crippen molar-refractivity contribution in [1.82, 2.24) is 10.3 Å². The number of nitrogens with one attached hydrogen (secondary N) is 1. The highest BCUT2D eigenvalue weighted by molar-refractivity contribution is 5.99. The van der Waals surface area contributed by atoms with Crippen molar-refractivity contribution in [2.45, 2.75) is 32.7 Å². The number of ether oxygens (including phenoxy) is 1. The van der Waals surface area contributed by atoms with Crippen LogP contribution in [0.4, 0.5) is 0 Å². The molecule has 6 nitrogen and oxygen atoms in total. The molecule has 0 aliphatic rings. The lowest BCUT2D eigenvalue weighted by molar-refractivity contribution is -0.147. The van der Waals surface area contributed by atoms with Crippen molar-refractivity contribution < 1.29 is 18.7 Å². The number of carbonyl (C=O) groups excluding carboxylic acids is 2. The average molecular weight is 316 g/mol. The van der Waals surface area contributed by atoms with E-state index >= 15 is 0 Å². The standard InChI is InChI=1S/C17H20N2O4/c1-5-17(3,16(21)22-4)19-15(20)12-8-9-13(18-11(12)2)14-7-6-10-23-14/h6-10H,5H2,1-4H3,(H,19,20)/t17-/m0/s1. The van der Waals surface area contributed by atoms with Crippen LogP contribution in [0.2, 0.25) is 0 Å². The van der Waals surface area contributed by atoms with E-state index in [4.69, 9.17) is 9.15 Å². The maximum absolute atomic E-state index is 12.5. The summed E-state index contributed by atoms with van der Waals surface area (Å²) in [4.78, 5) is 28.7. The van der Waals surface area contributed by atoms with Gasteiger partial charge in [-0.3, -0.25) is 4.79 Å². The van der Waals surface area contributed by atoms with Gasteiger partial charge in [-0.2, -0.15) is 0 Å².